The lowest BCUT2D eigenvalue weighted by molar-refractivity contribution is 0.0955. The summed E-state index contributed by atoms with van der Waals surface area (Å²) in [5, 5.41) is 7.43. The molecule has 116 valence electrons. The first-order valence-electron chi connectivity index (χ1n) is 6.74. The Morgan fingerprint density at radius 3 is 2.52 bits per heavy atom. The van der Waals surface area contributed by atoms with Gasteiger partial charge in [0.25, 0.3) is 5.91 Å². The van der Waals surface area contributed by atoms with Gasteiger partial charge in [0.15, 0.2) is 0 Å². The fraction of sp³-hybridized carbons (Fsp3) is 0.0625. The summed E-state index contributed by atoms with van der Waals surface area (Å²) in [7, 11) is 0. The molecular formula is C16H11ClFN3OS. The van der Waals surface area contributed by atoms with Crippen LogP contribution >= 0.6 is 23.1 Å². The third-order valence-corrected chi connectivity index (χ3v) is 4.15. The highest BCUT2D eigenvalue weighted by Gasteiger charge is 2.17. The number of rotatable bonds is 4. The molecule has 0 saturated carbocycles. The summed E-state index contributed by atoms with van der Waals surface area (Å²) in [4.78, 5) is 12.7. The topological polar surface area (TPSA) is 54.9 Å². The van der Waals surface area contributed by atoms with Crippen molar-refractivity contribution in [3.63, 3.8) is 0 Å². The molecule has 0 aliphatic rings. The van der Waals surface area contributed by atoms with Crippen LogP contribution in [0.5, 0.6) is 0 Å². The SMILES string of the molecule is O=C(NCc1ccc(Cl)cc1)c1snnc1-c1ccc(F)cc1. The number of hydrogen-bond acceptors (Lipinski definition) is 4. The lowest BCUT2D eigenvalue weighted by atomic mass is 10.1. The molecule has 0 radical (unpaired) electrons. The Morgan fingerprint density at radius 2 is 1.83 bits per heavy atom. The molecule has 0 aliphatic heterocycles. The van der Waals surface area contributed by atoms with Gasteiger partial charge >= 0.3 is 0 Å². The van der Waals surface area contributed by atoms with Crippen molar-refractivity contribution in [2.24, 2.45) is 0 Å². The van der Waals surface area contributed by atoms with Crippen molar-refractivity contribution in [1.29, 1.82) is 0 Å². The third-order valence-electron chi connectivity index (χ3n) is 3.18. The zero-order chi connectivity index (χ0) is 16.2. The van der Waals surface area contributed by atoms with Crippen molar-refractivity contribution < 1.29 is 9.18 Å². The van der Waals surface area contributed by atoms with E-state index in [4.69, 9.17) is 11.6 Å². The van der Waals surface area contributed by atoms with E-state index < -0.39 is 0 Å². The van der Waals surface area contributed by atoms with Gasteiger partial charge in [-0.2, -0.15) is 0 Å². The van der Waals surface area contributed by atoms with Crippen LogP contribution in [-0.4, -0.2) is 15.5 Å². The molecule has 0 saturated heterocycles. The van der Waals surface area contributed by atoms with Gasteiger partial charge in [0, 0.05) is 17.1 Å². The highest BCUT2D eigenvalue weighted by molar-refractivity contribution is 7.08. The largest absolute Gasteiger partial charge is 0.347 e. The van der Waals surface area contributed by atoms with Crippen LogP contribution in [0.4, 0.5) is 4.39 Å². The Morgan fingerprint density at radius 1 is 1.13 bits per heavy atom. The Labute approximate surface area is 141 Å². The molecule has 0 aliphatic carbocycles. The fourth-order valence-electron chi connectivity index (χ4n) is 2.00. The Bertz CT molecular complexity index is 818. The predicted molar refractivity (Wildman–Crippen MR) is 87.9 cm³/mol. The smallest absolute Gasteiger partial charge is 0.265 e. The molecule has 0 bridgehead atoms. The van der Waals surface area contributed by atoms with E-state index in [1.165, 1.54) is 12.1 Å². The minimum absolute atomic E-state index is 0.269. The second kappa shape index (κ2) is 6.85. The van der Waals surface area contributed by atoms with Crippen molar-refractivity contribution in [2.45, 2.75) is 6.54 Å². The van der Waals surface area contributed by atoms with E-state index in [2.05, 4.69) is 14.9 Å². The van der Waals surface area contributed by atoms with E-state index in [0.29, 0.717) is 27.7 Å². The third kappa shape index (κ3) is 3.72. The molecule has 3 aromatic rings. The van der Waals surface area contributed by atoms with Gasteiger partial charge in [-0.3, -0.25) is 4.79 Å². The maximum absolute atomic E-state index is 13.0. The van der Waals surface area contributed by atoms with Crippen LogP contribution in [0.25, 0.3) is 11.3 Å². The number of aromatic nitrogens is 2. The summed E-state index contributed by atoms with van der Waals surface area (Å²) in [5.74, 6) is -0.611. The average Bonchev–Trinajstić information content (AvgIpc) is 3.04. The summed E-state index contributed by atoms with van der Waals surface area (Å²) >= 11 is 6.83. The molecule has 1 aromatic heterocycles. The van der Waals surface area contributed by atoms with Crippen molar-refractivity contribution in [1.82, 2.24) is 14.9 Å². The normalized spacial score (nSPS) is 10.5. The number of nitrogens with one attached hydrogen (secondary N) is 1. The zero-order valence-corrected chi connectivity index (χ0v) is 13.4. The van der Waals surface area contributed by atoms with Crippen LogP contribution in [-0.2, 0) is 6.54 Å². The summed E-state index contributed by atoms with van der Waals surface area (Å²) < 4.78 is 16.8. The maximum atomic E-state index is 13.0. The molecular weight excluding hydrogens is 337 g/mol. The number of carbonyl (C=O) groups is 1. The minimum Gasteiger partial charge on any atom is -0.347 e. The molecule has 1 N–H and O–H groups in total. The van der Waals surface area contributed by atoms with Crippen molar-refractivity contribution in [2.75, 3.05) is 0 Å². The summed E-state index contributed by atoms with van der Waals surface area (Å²) in [6.45, 7) is 0.372. The summed E-state index contributed by atoms with van der Waals surface area (Å²) in [6.07, 6.45) is 0. The highest BCUT2D eigenvalue weighted by atomic mass is 35.5. The lowest BCUT2D eigenvalue weighted by Gasteiger charge is -2.05. The summed E-state index contributed by atoms with van der Waals surface area (Å²) in [5.41, 5.74) is 2.03. The first-order valence-corrected chi connectivity index (χ1v) is 7.89. The Balaban J connectivity index is 1.74. The van der Waals surface area contributed by atoms with Crippen LogP contribution < -0.4 is 5.32 Å². The molecule has 0 atom stereocenters. The highest BCUT2D eigenvalue weighted by Crippen LogP contribution is 2.24. The first-order chi connectivity index (χ1) is 11.1. The minimum atomic E-state index is -0.342. The van der Waals surface area contributed by atoms with Gasteiger partial charge in [-0.1, -0.05) is 28.2 Å². The molecule has 23 heavy (non-hydrogen) atoms. The van der Waals surface area contributed by atoms with Gasteiger partial charge in [0.1, 0.15) is 16.4 Å². The van der Waals surface area contributed by atoms with Gasteiger partial charge in [-0.05, 0) is 53.5 Å². The predicted octanol–water partition coefficient (Wildman–Crippen LogP) is 3.93. The number of hydrogen-bond donors (Lipinski definition) is 1. The van der Waals surface area contributed by atoms with E-state index in [1.54, 1.807) is 24.3 Å². The van der Waals surface area contributed by atoms with Gasteiger partial charge in [-0.15, -0.1) is 5.10 Å². The van der Waals surface area contributed by atoms with Crippen molar-refractivity contribution >= 4 is 29.0 Å². The van der Waals surface area contributed by atoms with Gasteiger partial charge in [-0.25, -0.2) is 4.39 Å². The van der Waals surface area contributed by atoms with Crippen molar-refractivity contribution in [3.8, 4) is 11.3 Å². The standard InChI is InChI=1S/C16H11ClFN3OS/c17-12-5-1-10(2-6-12)9-19-16(22)15-14(20-21-23-15)11-3-7-13(18)8-4-11/h1-8H,9H2,(H,19,22). The van der Waals surface area contributed by atoms with Gasteiger partial charge < -0.3 is 5.32 Å². The second-order valence-corrected chi connectivity index (χ2v) is 5.96. The van der Waals surface area contributed by atoms with E-state index in [0.717, 1.165) is 17.1 Å². The molecule has 0 spiro atoms. The van der Waals surface area contributed by atoms with Crippen LogP contribution in [0, 0.1) is 5.82 Å². The monoisotopic (exact) mass is 347 g/mol. The molecule has 1 amide bonds. The van der Waals surface area contributed by atoms with Gasteiger partial charge in [0.05, 0.1) is 0 Å². The first kappa shape index (κ1) is 15.6. The van der Waals surface area contributed by atoms with Crippen molar-refractivity contribution in [3.05, 3.63) is 69.8 Å². The van der Waals surface area contributed by atoms with Crippen LogP contribution in [0.1, 0.15) is 15.2 Å². The van der Waals surface area contributed by atoms with E-state index in [-0.39, 0.29) is 11.7 Å². The zero-order valence-electron chi connectivity index (χ0n) is 11.8. The lowest BCUT2D eigenvalue weighted by Crippen LogP contribution is -2.22. The van der Waals surface area contributed by atoms with E-state index in [1.807, 2.05) is 12.1 Å². The molecule has 1 heterocycles. The quantitative estimate of drug-likeness (QED) is 0.778. The number of carbonyl (C=O) groups excluding carboxylic acids is 1. The van der Waals surface area contributed by atoms with Crippen LogP contribution in [0.3, 0.4) is 0 Å². The average molecular weight is 348 g/mol. The van der Waals surface area contributed by atoms with Gasteiger partial charge in [0.2, 0.25) is 0 Å². The number of nitrogens with zero attached hydrogens (tertiary/aromatic N) is 2. The molecule has 3 rings (SSSR count). The van der Waals surface area contributed by atoms with Crippen LogP contribution in [0.2, 0.25) is 5.02 Å². The maximum Gasteiger partial charge on any atom is 0.265 e. The molecule has 0 unspecified atom stereocenters. The molecule has 4 nitrogen and oxygen atoms in total. The number of halogens is 2. The molecule has 7 heteroatoms. The van der Waals surface area contributed by atoms with E-state index >= 15 is 0 Å². The number of benzene rings is 2. The van der Waals surface area contributed by atoms with Crippen LogP contribution in [0.15, 0.2) is 48.5 Å². The second-order valence-electron chi connectivity index (χ2n) is 4.77. The number of amides is 1. The summed E-state index contributed by atoms with van der Waals surface area (Å²) in [6, 6.07) is 13.0. The van der Waals surface area contributed by atoms with E-state index in [9.17, 15) is 9.18 Å². The molecule has 0 fully saturated rings. The Hall–Kier alpha value is -2.31. The fourth-order valence-corrected chi connectivity index (χ4v) is 2.73. The molecule has 2 aromatic carbocycles. The Kier molecular flexibility index (Phi) is 4.64.